The van der Waals surface area contributed by atoms with E-state index in [1.54, 1.807) is 41.4 Å². The van der Waals surface area contributed by atoms with Crippen molar-refractivity contribution in [2.75, 3.05) is 27.2 Å². The Hall–Kier alpha value is -2.42. The number of rotatable bonds is 5. The number of carbonyl (C=O) groups is 1. The Balaban J connectivity index is 1.68. The normalized spacial score (nSPS) is 16.4. The smallest absolute Gasteiger partial charge is 0.254 e. The van der Waals surface area contributed by atoms with Crippen LogP contribution >= 0.6 is 15.9 Å². The summed E-state index contributed by atoms with van der Waals surface area (Å²) in [5.41, 5.74) is 1.35. The predicted molar refractivity (Wildman–Crippen MR) is 120 cm³/mol. The fourth-order valence-electron chi connectivity index (χ4n) is 3.97. The molecular formula is C23H24BrFN4O2. The average molecular weight is 487 g/mol. The highest BCUT2D eigenvalue weighted by atomic mass is 79.9. The van der Waals surface area contributed by atoms with E-state index in [1.165, 1.54) is 6.07 Å². The number of benzene rings is 2. The van der Waals surface area contributed by atoms with Crippen molar-refractivity contribution in [3.63, 3.8) is 0 Å². The van der Waals surface area contributed by atoms with Crippen molar-refractivity contribution in [1.82, 2.24) is 20.0 Å². The number of halogens is 2. The van der Waals surface area contributed by atoms with Crippen LogP contribution in [0.4, 0.5) is 4.39 Å². The van der Waals surface area contributed by atoms with Crippen LogP contribution < -0.4 is 0 Å². The molecule has 2 heterocycles. The highest BCUT2D eigenvalue weighted by molar-refractivity contribution is 9.10. The van der Waals surface area contributed by atoms with Crippen LogP contribution in [0.2, 0.25) is 0 Å². The van der Waals surface area contributed by atoms with Gasteiger partial charge in [0, 0.05) is 27.9 Å². The maximum absolute atomic E-state index is 14.5. The molecule has 0 spiro atoms. The lowest BCUT2D eigenvalue weighted by molar-refractivity contribution is -0.120. The van der Waals surface area contributed by atoms with Crippen LogP contribution in [0, 0.1) is 5.82 Å². The summed E-state index contributed by atoms with van der Waals surface area (Å²) in [6.45, 7) is 2.45. The lowest BCUT2D eigenvalue weighted by Gasteiger charge is -2.51. The molecular weight excluding hydrogens is 463 g/mol. The van der Waals surface area contributed by atoms with E-state index in [-0.39, 0.29) is 37.3 Å². The quantitative estimate of drug-likeness (QED) is 0.599. The minimum atomic E-state index is -0.945. The second-order valence-electron chi connectivity index (χ2n) is 8.42. The second kappa shape index (κ2) is 8.26. The van der Waals surface area contributed by atoms with E-state index in [9.17, 15) is 14.3 Å². The number of likely N-dealkylation sites (tertiary alicyclic amines) is 1. The van der Waals surface area contributed by atoms with Crippen LogP contribution in [0.1, 0.15) is 28.4 Å². The summed E-state index contributed by atoms with van der Waals surface area (Å²) in [7, 11) is 3.81. The largest absolute Gasteiger partial charge is 0.385 e. The number of hydrogen-bond donors (Lipinski definition) is 1. The van der Waals surface area contributed by atoms with E-state index in [2.05, 4.69) is 26.1 Å². The summed E-state index contributed by atoms with van der Waals surface area (Å²) in [5.74, 6) is -0.521. The van der Waals surface area contributed by atoms with E-state index in [1.807, 2.05) is 25.9 Å². The highest BCUT2D eigenvalue weighted by Gasteiger charge is 2.48. The topological polar surface area (TPSA) is 69.6 Å². The number of β-amino-alcohol motifs (C(OH)–C–C–N with tert-alkyl or cyclic N) is 1. The van der Waals surface area contributed by atoms with Crippen LogP contribution in [-0.2, 0) is 6.42 Å². The molecule has 1 amide bonds. The number of aliphatic hydroxyl groups is 1. The molecule has 6 nitrogen and oxygen atoms in total. The Labute approximate surface area is 188 Å². The standard InChI is InChI=1S/C23H24BrFN4O2/c1-14(28(2)3)23(31)12-29(13-23)22(30)19-9-16-6-7-26-27-21(16)10-17(19)8-15-4-5-18(24)11-20(15)25/h4-7,9-11,14,31H,8,12-13H2,1-3H3/t14-/m0/s1. The minimum Gasteiger partial charge on any atom is -0.385 e. The number of amides is 1. The number of hydrogen-bond acceptors (Lipinski definition) is 5. The summed E-state index contributed by atoms with van der Waals surface area (Å²) in [5, 5.41) is 19.7. The summed E-state index contributed by atoms with van der Waals surface area (Å²) in [4.78, 5) is 16.9. The molecule has 31 heavy (non-hydrogen) atoms. The lowest BCUT2D eigenvalue weighted by atomic mass is 9.85. The summed E-state index contributed by atoms with van der Waals surface area (Å²) >= 11 is 3.27. The third kappa shape index (κ3) is 4.20. The van der Waals surface area contributed by atoms with Gasteiger partial charge in [0.2, 0.25) is 0 Å². The minimum absolute atomic E-state index is 0.0836. The second-order valence-corrected chi connectivity index (χ2v) is 9.33. The van der Waals surface area contributed by atoms with Gasteiger partial charge >= 0.3 is 0 Å². The molecule has 0 unspecified atom stereocenters. The van der Waals surface area contributed by atoms with E-state index < -0.39 is 5.60 Å². The predicted octanol–water partition coefficient (Wildman–Crippen LogP) is 3.26. The van der Waals surface area contributed by atoms with Crippen molar-refractivity contribution < 1.29 is 14.3 Å². The first-order valence-corrected chi connectivity index (χ1v) is 10.8. The molecule has 0 aliphatic carbocycles. The Bertz CT molecular complexity index is 1150. The third-order valence-electron chi connectivity index (χ3n) is 6.13. The van der Waals surface area contributed by atoms with E-state index >= 15 is 0 Å². The fraction of sp³-hybridized carbons (Fsp3) is 0.348. The van der Waals surface area contributed by atoms with Gasteiger partial charge in [-0.25, -0.2) is 4.39 Å². The molecule has 1 fully saturated rings. The highest BCUT2D eigenvalue weighted by Crippen LogP contribution is 2.31. The molecule has 8 heteroatoms. The van der Waals surface area contributed by atoms with Crippen LogP contribution in [0.5, 0.6) is 0 Å². The van der Waals surface area contributed by atoms with Gasteiger partial charge in [-0.2, -0.15) is 10.2 Å². The Morgan fingerprint density at radius 3 is 2.68 bits per heavy atom. The molecule has 162 valence electrons. The van der Waals surface area contributed by atoms with Gasteiger partial charge in [-0.1, -0.05) is 22.0 Å². The van der Waals surface area contributed by atoms with Crippen LogP contribution in [0.3, 0.4) is 0 Å². The third-order valence-corrected chi connectivity index (χ3v) is 6.63. The molecule has 0 saturated carbocycles. The van der Waals surface area contributed by atoms with Gasteiger partial charge in [0.15, 0.2) is 0 Å². The van der Waals surface area contributed by atoms with E-state index in [4.69, 9.17) is 0 Å². The average Bonchev–Trinajstić information content (AvgIpc) is 2.71. The molecule has 4 rings (SSSR count). The SMILES string of the molecule is C[C@H](N(C)C)C1(O)CN(C(=O)c2cc3ccnnc3cc2Cc2ccc(Br)cc2F)C1. The van der Waals surface area contributed by atoms with Crippen LogP contribution in [-0.4, -0.2) is 69.8 Å². The number of aromatic nitrogens is 2. The van der Waals surface area contributed by atoms with Crippen molar-refractivity contribution in [3.05, 3.63) is 69.6 Å². The molecule has 1 N–H and O–H groups in total. The lowest BCUT2D eigenvalue weighted by Crippen LogP contribution is -2.70. The zero-order chi connectivity index (χ0) is 22.3. The molecule has 1 aliphatic heterocycles. The van der Waals surface area contributed by atoms with Crippen molar-refractivity contribution >= 4 is 32.7 Å². The molecule has 0 radical (unpaired) electrons. The molecule has 1 atom stereocenters. The molecule has 0 bridgehead atoms. The van der Waals surface area contributed by atoms with Gasteiger partial charge in [-0.15, -0.1) is 0 Å². The number of fused-ring (bicyclic) bond motifs is 1. The Morgan fingerprint density at radius 2 is 2.00 bits per heavy atom. The van der Waals surface area contributed by atoms with Gasteiger partial charge in [0.25, 0.3) is 5.91 Å². The first-order chi connectivity index (χ1) is 14.7. The first-order valence-electron chi connectivity index (χ1n) is 10.0. The summed E-state index contributed by atoms with van der Waals surface area (Å²) in [6, 6.07) is 10.2. The number of nitrogens with zero attached hydrogens (tertiary/aromatic N) is 4. The molecule has 1 aromatic heterocycles. The van der Waals surface area contributed by atoms with Crippen molar-refractivity contribution in [1.29, 1.82) is 0 Å². The number of carbonyl (C=O) groups excluding carboxylic acids is 1. The molecule has 1 saturated heterocycles. The Kier molecular flexibility index (Phi) is 5.81. The van der Waals surface area contributed by atoms with Crippen LogP contribution in [0.25, 0.3) is 10.9 Å². The number of likely N-dealkylation sites (N-methyl/N-ethyl adjacent to an activating group) is 1. The van der Waals surface area contributed by atoms with Crippen molar-refractivity contribution in [2.45, 2.75) is 25.0 Å². The van der Waals surface area contributed by atoms with Crippen molar-refractivity contribution in [3.8, 4) is 0 Å². The monoisotopic (exact) mass is 486 g/mol. The van der Waals surface area contributed by atoms with Gasteiger partial charge in [-0.3, -0.25) is 4.79 Å². The maximum Gasteiger partial charge on any atom is 0.254 e. The van der Waals surface area contributed by atoms with Crippen molar-refractivity contribution in [2.24, 2.45) is 0 Å². The summed E-state index contributed by atoms with van der Waals surface area (Å²) in [6.07, 6.45) is 1.82. The van der Waals surface area contributed by atoms with Gasteiger partial charge in [0.05, 0.1) is 24.8 Å². The van der Waals surface area contributed by atoms with Gasteiger partial charge < -0.3 is 14.9 Å². The molecule has 3 aromatic rings. The van der Waals surface area contributed by atoms with E-state index in [0.29, 0.717) is 26.7 Å². The molecule has 2 aromatic carbocycles. The summed E-state index contributed by atoms with van der Waals surface area (Å²) < 4.78 is 15.2. The van der Waals surface area contributed by atoms with Gasteiger partial charge in [0.1, 0.15) is 11.4 Å². The van der Waals surface area contributed by atoms with E-state index in [0.717, 1.165) is 5.39 Å². The fourth-order valence-corrected chi connectivity index (χ4v) is 4.30. The molecule has 1 aliphatic rings. The Morgan fingerprint density at radius 1 is 1.26 bits per heavy atom. The van der Waals surface area contributed by atoms with Gasteiger partial charge in [-0.05, 0) is 62.5 Å². The van der Waals surface area contributed by atoms with Crippen LogP contribution in [0.15, 0.2) is 47.1 Å². The maximum atomic E-state index is 14.5. The zero-order valence-corrected chi connectivity index (χ0v) is 19.2. The zero-order valence-electron chi connectivity index (χ0n) is 17.6. The first kappa shape index (κ1) is 21.8.